The smallest absolute Gasteiger partial charge is 0.154 e. The summed E-state index contributed by atoms with van der Waals surface area (Å²) in [5.74, 6) is 2.22. The molecule has 100 valence electrons. The van der Waals surface area contributed by atoms with Crippen molar-refractivity contribution in [3.05, 3.63) is 47.9 Å². The van der Waals surface area contributed by atoms with Crippen LogP contribution in [0.15, 0.2) is 46.0 Å². The lowest BCUT2D eigenvalue weighted by Gasteiger charge is -2.05. The molecule has 1 aromatic heterocycles. The zero-order valence-electron chi connectivity index (χ0n) is 10.6. The minimum absolute atomic E-state index is 0.499. The maximum absolute atomic E-state index is 5.84. The van der Waals surface area contributed by atoms with Gasteiger partial charge in [-0.2, -0.15) is 0 Å². The van der Waals surface area contributed by atoms with Crippen LogP contribution in [0.1, 0.15) is 11.3 Å². The van der Waals surface area contributed by atoms with Gasteiger partial charge in [-0.05, 0) is 6.07 Å². The lowest BCUT2D eigenvalue weighted by Crippen LogP contribution is -2.07. The second-order valence-corrected chi connectivity index (χ2v) is 4.73. The summed E-state index contributed by atoms with van der Waals surface area (Å²) in [5.41, 5.74) is 6.85. The van der Waals surface area contributed by atoms with Gasteiger partial charge in [0.15, 0.2) is 5.17 Å². The molecule has 0 saturated heterocycles. The van der Waals surface area contributed by atoms with E-state index in [0.717, 1.165) is 17.1 Å². The van der Waals surface area contributed by atoms with E-state index in [1.165, 1.54) is 11.8 Å². The van der Waals surface area contributed by atoms with Gasteiger partial charge >= 0.3 is 0 Å². The molecule has 0 fully saturated rings. The van der Waals surface area contributed by atoms with Crippen LogP contribution in [0.2, 0.25) is 0 Å². The minimum Gasteiger partial charge on any atom is -0.496 e. The van der Waals surface area contributed by atoms with Crippen LogP contribution in [0, 0.1) is 0 Å². The van der Waals surface area contributed by atoms with Crippen molar-refractivity contribution in [2.75, 3.05) is 7.11 Å². The van der Waals surface area contributed by atoms with Crippen molar-refractivity contribution in [3.8, 4) is 5.75 Å². The normalized spacial score (nSPS) is 11.5. The molecule has 5 nitrogen and oxygen atoms in total. The number of nitrogens with zero attached hydrogens (tertiary/aromatic N) is 2. The van der Waals surface area contributed by atoms with Crippen LogP contribution in [0.4, 0.5) is 0 Å². The molecule has 0 saturated carbocycles. The van der Waals surface area contributed by atoms with E-state index in [0.29, 0.717) is 17.5 Å². The summed E-state index contributed by atoms with van der Waals surface area (Å²) in [6.07, 6.45) is 1.61. The first-order valence-corrected chi connectivity index (χ1v) is 6.72. The Morgan fingerprint density at radius 1 is 1.42 bits per heavy atom. The molecular weight excluding hydrogens is 262 g/mol. The van der Waals surface area contributed by atoms with Gasteiger partial charge in [-0.15, -0.1) is 0 Å². The van der Waals surface area contributed by atoms with Gasteiger partial charge < -0.3 is 15.0 Å². The Balaban J connectivity index is 1.90. The molecule has 2 rings (SSSR count). The Hall–Kier alpha value is -1.95. The van der Waals surface area contributed by atoms with Crippen molar-refractivity contribution in [2.45, 2.75) is 12.3 Å². The second kappa shape index (κ2) is 6.84. The molecule has 1 heterocycles. The van der Waals surface area contributed by atoms with Crippen LogP contribution in [0.25, 0.3) is 0 Å². The van der Waals surface area contributed by atoms with E-state index < -0.39 is 0 Å². The Morgan fingerprint density at radius 2 is 2.26 bits per heavy atom. The number of amidine groups is 1. The first kappa shape index (κ1) is 13.5. The molecular formula is C13H15N3O2S. The molecule has 0 atom stereocenters. The number of ether oxygens (including phenoxy) is 1. The van der Waals surface area contributed by atoms with Gasteiger partial charge in [0.1, 0.15) is 11.5 Å². The van der Waals surface area contributed by atoms with Gasteiger partial charge in [-0.1, -0.05) is 35.1 Å². The highest BCUT2D eigenvalue weighted by atomic mass is 32.2. The molecule has 2 N–H and O–H groups in total. The van der Waals surface area contributed by atoms with Crippen LogP contribution in [0.5, 0.6) is 5.75 Å². The fourth-order valence-electron chi connectivity index (χ4n) is 1.50. The maximum Gasteiger partial charge on any atom is 0.154 e. The van der Waals surface area contributed by atoms with Crippen molar-refractivity contribution >= 4 is 16.9 Å². The van der Waals surface area contributed by atoms with Crippen LogP contribution >= 0.6 is 11.8 Å². The summed E-state index contributed by atoms with van der Waals surface area (Å²) in [5, 5.41) is 4.15. The van der Waals surface area contributed by atoms with E-state index in [2.05, 4.69) is 10.1 Å². The number of aliphatic imine (C=N–C) groups is 1. The zero-order valence-corrected chi connectivity index (χ0v) is 11.4. The first-order valence-electron chi connectivity index (χ1n) is 5.74. The van der Waals surface area contributed by atoms with Crippen molar-refractivity contribution < 1.29 is 9.26 Å². The van der Waals surface area contributed by atoms with Crippen LogP contribution in [-0.4, -0.2) is 17.4 Å². The summed E-state index contributed by atoms with van der Waals surface area (Å²) in [4.78, 5) is 4.32. The lowest BCUT2D eigenvalue weighted by atomic mass is 10.2. The van der Waals surface area contributed by atoms with Gasteiger partial charge in [-0.25, -0.2) is 0 Å². The molecule has 0 radical (unpaired) electrons. The van der Waals surface area contributed by atoms with Gasteiger partial charge in [0.05, 0.1) is 25.6 Å². The van der Waals surface area contributed by atoms with Crippen LogP contribution in [-0.2, 0) is 12.3 Å². The van der Waals surface area contributed by atoms with E-state index >= 15 is 0 Å². The van der Waals surface area contributed by atoms with E-state index in [4.69, 9.17) is 15.0 Å². The summed E-state index contributed by atoms with van der Waals surface area (Å²) < 4.78 is 10.2. The summed E-state index contributed by atoms with van der Waals surface area (Å²) in [6.45, 7) is 0.499. The van der Waals surface area contributed by atoms with Gasteiger partial charge in [0.25, 0.3) is 0 Å². The third-order valence-electron chi connectivity index (χ3n) is 2.45. The number of methoxy groups -OCH3 is 1. The van der Waals surface area contributed by atoms with Crippen molar-refractivity contribution in [2.24, 2.45) is 10.7 Å². The number of nitrogens with two attached hydrogens (primary N) is 1. The van der Waals surface area contributed by atoms with E-state index in [1.54, 1.807) is 19.4 Å². The Labute approximate surface area is 115 Å². The van der Waals surface area contributed by atoms with E-state index in [-0.39, 0.29) is 0 Å². The zero-order chi connectivity index (χ0) is 13.5. The number of hydrogen-bond acceptors (Lipinski definition) is 5. The molecule has 6 heteroatoms. The summed E-state index contributed by atoms with van der Waals surface area (Å²) in [6, 6.07) is 9.55. The molecule has 1 aromatic carbocycles. The highest BCUT2D eigenvalue weighted by molar-refractivity contribution is 8.13. The molecule has 0 aliphatic heterocycles. The molecule has 2 aromatic rings. The fourth-order valence-corrected chi connectivity index (χ4v) is 2.10. The highest BCUT2D eigenvalue weighted by Crippen LogP contribution is 2.19. The predicted molar refractivity (Wildman–Crippen MR) is 76.1 cm³/mol. The molecule has 0 aliphatic rings. The minimum atomic E-state index is 0.499. The van der Waals surface area contributed by atoms with Crippen molar-refractivity contribution in [1.82, 2.24) is 5.16 Å². The average Bonchev–Trinajstić information content (AvgIpc) is 2.96. The summed E-state index contributed by atoms with van der Waals surface area (Å²) in [7, 11) is 1.64. The third-order valence-corrected chi connectivity index (χ3v) is 3.31. The quantitative estimate of drug-likeness (QED) is 0.671. The van der Waals surface area contributed by atoms with Gasteiger partial charge in [0.2, 0.25) is 0 Å². The first-order chi connectivity index (χ1) is 9.29. The topological polar surface area (TPSA) is 73.6 Å². The van der Waals surface area contributed by atoms with E-state index in [1.807, 2.05) is 24.3 Å². The highest BCUT2D eigenvalue weighted by Gasteiger charge is 2.02. The Kier molecular flexibility index (Phi) is 4.85. The SMILES string of the molecule is COc1ccccc1CN=C(N)SCc1ccno1. The Morgan fingerprint density at radius 3 is 3.00 bits per heavy atom. The largest absolute Gasteiger partial charge is 0.496 e. The summed E-state index contributed by atoms with van der Waals surface area (Å²) >= 11 is 1.42. The van der Waals surface area contributed by atoms with E-state index in [9.17, 15) is 0 Å². The lowest BCUT2D eigenvalue weighted by molar-refractivity contribution is 0.395. The predicted octanol–water partition coefficient (Wildman–Crippen LogP) is 2.43. The number of rotatable bonds is 5. The number of benzene rings is 1. The number of hydrogen-bond donors (Lipinski definition) is 1. The molecule has 0 aliphatic carbocycles. The number of aromatic nitrogens is 1. The van der Waals surface area contributed by atoms with Gasteiger partial charge in [0, 0.05) is 11.6 Å². The molecule has 0 bridgehead atoms. The standard InChI is InChI=1S/C13H15N3O2S/c1-17-12-5-3-2-4-10(12)8-15-13(14)19-9-11-6-7-16-18-11/h2-7H,8-9H2,1H3,(H2,14,15). The molecule has 0 spiro atoms. The van der Waals surface area contributed by atoms with Crippen molar-refractivity contribution in [3.63, 3.8) is 0 Å². The van der Waals surface area contributed by atoms with Gasteiger partial charge in [-0.3, -0.25) is 4.99 Å². The Bertz CT molecular complexity index is 541. The molecule has 0 amide bonds. The average molecular weight is 277 g/mol. The van der Waals surface area contributed by atoms with Crippen molar-refractivity contribution in [1.29, 1.82) is 0 Å². The monoisotopic (exact) mass is 277 g/mol. The second-order valence-electron chi connectivity index (χ2n) is 3.73. The number of para-hydroxylation sites is 1. The third kappa shape index (κ3) is 4.03. The van der Waals surface area contributed by atoms with Crippen LogP contribution in [0.3, 0.4) is 0 Å². The molecule has 19 heavy (non-hydrogen) atoms. The van der Waals surface area contributed by atoms with Crippen LogP contribution < -0.4 is 10.5 Å². The number of thioether (sulfide) groups is 1. The fraction of sp³-hybridized carbons (Fsp3) is 0.231. The molecule has 0 unspecified atom stereocenters. The maximum atomic E-state index is 5.84.